The van der Waals surface area contributed by atoms with E-state index in [4.69, 9.17) is 0 Å². The molecule has 8 nitrogen and oxygen atoms in total. The first-order valence-corrected chi connectivity index (χ1v) is 12.1. The van der Waals surface area contributed by atoms with Gasteiger partial charge in [0.2, 0.25) is 26.0 Å². The highest BCUT2D eigenvalue weighted by atomic mass is 32.2. The number of anilines is 1. The average molecular weight is 438 g/mol. The van der Waals surface area contributed by atoms with Crippen molar-refractivity contribution in [1.82, 2.24) is 9.29 Å². The molecule has 0 aliphatic carbocycles. The van der Waals surface area contributed by atoms with Crippen LogP contribution in [0, 0.1) is 12.8 Å². The van der Waals surface area contributed by atoms with Crippen LogP contribution in [0.3, 0.4) is 0 Å². The van der Waals surface area contributed by atoms with E-state index < -0.39 is 31.9 Å². The lowest BCUT2D eigenvalue weighted by atomic mass is 10.2. The van der Waals surface area contributed by atoms with Crippen LogP contribution >= 0.6 is 0 Å². The number of rotatable bonds is 6. The average Bonchev–Trinajstić information content (AvgIpc) is 2.87. The number of likely N-dealkylation sites (N-methyl/N-ethyl adjacent to an activating group) is 1. The van der Waals surface area contributed by atoms with Crippen LogP contribution in [0.5, 0.6) is 0 Å². The molecule has 1 atom stereocenters. The largest absolute Gasteiger partial charge is 0.273 e. The van der Waals surface area contributed by atoms with E-state index in [1.54, 1.807) is 26.2 Å². The third kappa shape index (κ3) is 4.19. The predicted molar refractivity (Wildman–Crippen MR) is 109 cm³/mol. The van der Waals surface area contributed by atoms with Gasteiger partial charge in [-0.05, 0) is 54.8 Å². The molecule has 1 fully saturated rings. The van der Waals surface area contributed by atoms with E-state index in [9.17, 15) is 21.6 Å². The number of aromatic nitrogens is 1. The number of benzene rings is 1. The predicted octanol–water partition coefficient (Wildman–Crippen LogP) is 1.57. The summed E-state index contributed by atoms with van der Waals surface area (Å²) in [6.45, 7) is 3.43. The maximum atomic E-state index is 13.0. The van der Waals surface area contributed by atoms with E-state index in [0.29, 0.717) is 12.0 Å². The van der Waals surface area contributed by atoms with Crippen LogP contribution in [0.4, 0.5) is 5.69 Å². The van der Waals surface area contributed by atoms with Gasteiger partial charge < -0.3 is 0 Å². The van der Waals surface area contributed by atoms with Crippen LogP contribution in [-0.4, -0.2) is 51.4 Å². The van der Waals surface area contributed by atoms with Gasteiger partial charge in [-0.15, -0.1) is 0 Å². The molecule has 10 heteroatoms. The molecule has 3 rings (SSSR count). The molecule has 0 bridgehead atoms. The fourth-order valence-electron chi connectivity index (χ4n) is 3.26. The summed E-state index contributed by atoms with van der Waals surface area (Å²) in [7, 11) is -6.01. The van der Waals surface area contributed by atoms with E-state index >= 15 is 0 Å². The molecule has 1 aliphatic heterocycles. The van der Waals surface area contributed by atoms with Gasteiger partial charge in [0.15, 0.2) is 0 Å². The van der Waals surface area contributed by atoms with Gasteiger partial charge >= 0.3 is 0 Å². The zero-order valence-electron chi connectivity index (χ0n) is 16.4. The highest BCUT2D eigenvalue weighted by molar-refractivity contribution is 7.94. The smallest absolute Gasteiger partial charge is 0.244 e. The molecule has 0 spiro atoms. The summed E-state index contributed by atoms with van der Waals surface area (Å²) in [5.74, 6) is -1.37. The molecule has 0 unspecified atom stereocenters. The van der Waals surface area contributed by atoms with Crippen molar-refractivity contribution in [1.29, 1.82) is 0 Å². The molecule has 0 N–H and O–H groups in total. The van der Waals surface area contributed by atoms with Crippen LogP contribution in [0.25, 0.3) is 0 Å². The van der Waals surface area contributed by atoms with Gasteiger partial charge in [0.1, 0.15) is 0 Å². The molecule has 1 amide bonds. The Labute approximate surface area is 171 Å². The number of hydrogen-bond acceptors (Lipinski definition) is 6. The molecule has 1 aromatic heterocycles. The Kier molecular flexibility index (Phi) is 5.79. The number of carbonyl (C=O) groups is 1. The van der Waals surface area contributed by atoms with Crippen molar-refractivity contribution >= 4 is 31.6 Å². The third-order valence-electron chi connectivity index (χ3n) is 4.91. The first-order valence-electron chi connectivity index (χ1n) is 9.07. The first-order chi connectivity index (χ1) is 13.5. The van der Waals surface area contributed by atoms with Crippen molar-refractivity contribution in [3.05, 3.63) is 53.9 Å². The number of hydrogen-bond donors (Lipinski definition) is 0. The van der Waals surface area contributed by atoms with Crippen LogP contribution < -0.4 is 4.31 Å². The summed E-state index contributed by atoms with van der Waals surface area (Å²) in [5, 5.41) is 0. The summed E-state index contributed by atoms with van der Waals surface area (Å²) in [6.07, 6.45) is 3.84. The van der Waals surface area contributed by atoms with Gasteiger partial charge in [-0.3, -0.25) is 9.78 Å². The molecule has 1 aromatic carbocycles. The maximum Gasteiger partial charge on any atom is 0.244 e. The molecular weight excluding hydrogens is 414 g/mol. The Morgan fingerprint density at radius 2 is 1.86 bits per heavy atom. The molecule has 2 aromatic rings. The minimum Gasteiger partial charge on any atom is -0.273 e. The first kappa shape index (κ1) is 21.4. The highest BCUT2D eigenvalue weighted by Gasteiger charge is 2.42. The monoisotopic (exact) mass is 437 g/mol. The zero-order chi connectivity index (χ0) is 21.4. The van der Waals surface area contributed by atoms with Gasteiger partial charge in [0, 0.05) is 26.0 Å². The zero-order valence-corrected chi connectivity index (χ0v) is 18.1. The Morgan fingerprint density at radius 3 is 2.41 bits per heavy atom. The van der Waals surface area contributed by atoms with E-state index in [1.807, 2.05) is 12.1 Å². The number of sulfonamides is 2. The summed E-state index contributed by atoms with van der Waals surface area (Å²) < 4.78 is 52.5. The molecule has 2 heterocycles. The van der Waals surface area contributed by atoms with Crippen molar-refractivity contribution in [2.75, 3.05) is 23.7 Å². The number of aryl methyl sites for hydroxylation is 1. The summed E-state index contributed by atoms with van der Waals surface area (Å²) in [4.78, 5) is 16.3. The topological polar surface area (TPSA) is 105 Å². The van der Waals surface area contributed by atoms with Crippen LogP contribution in [0.15, 0.2) is 47.6 Å². The van der Waals surface area contributed by atoms with Crippen molar-refractivity contribution in [3.63, 3.8) is 0 Å². The van der Waals surface area contributed by atoms with Gasteiger partial charge in [-0.2, -0.15) is 0 Å². The highest BCUT2D eigenvalue weighted by Crippen LogP contribution is 2.31. The molecule has 0 radical (unpaired) electrons. The lowest BCUT2D eigenvalue weighted by molar-refractivity contribution is -0.119. The number of carbonyl (C=O) groups excluding carboxylic acids is 1. The Balaban J connectivity index is 1.84. The second kappa shape index (κ2) is 7.85. The molecule has 1 aliphatic rings. The lowest BCUT2D eigenvalue weighted by Crippen LogP contribution is -2.31. The molecule has 29 heavy (non-hydrogen) atoms. The second-order valence-electron chi connectivity index (χ2n) is 7.16. The van der Waals surface area contributed by atoms with Crippen LogP contribution in [-0.2, 0) is 31.3 Å². The number of nitrogens with zero attached hydrogens (tertiary/aromatic N) is 3. The van der Waals surface area contributed by atoms with Crippen molar-refractivity contribution in [2.45, 2.75) is 25.2 Å². The van der Waals surface area contributed by atoms with E-state index in [2.05, 4.69) is 4.98 Å². The van der Waals surface area contributed by atoms with Gasteiger partial charge in [-0.1, -0.05) is 6.92 Å². The van der Waals surface area contributed by atoms with Gasteiger partial charge in [0.25, 0.3) is 0 Å². The fourth-order valence-corrected chi connectivity index (χ4v) is 6.45. The molecular formula is C19H23N3O5S2. The summed E-state index contributed by atoms with van der Waals surface area (Å²) in [5.41, 5.74) is 1.51. The standard InChI is InChI=1S/C19H23N3O5S2/c1-14-12-17(22-19(23)15(2)13-28(22,24)25)4-5-18(14)29(26,27)21(3)11-8-16-6-9-20-10-7-16/h4-7,9-10,12,15H,8,11,13H2,1-3H3/t15-/m0/s1. The lowest BCUT2D eigenvalue weighted by Gasteiger charge is -2.20. The molecule has 0 saturated carbocycles. The minimum atomic E-state index is -3.77. The number of amides is 1. The van der Waals surface area contributed by atoms with Crippen molar-refractivity contribution in [2.24, 2.45) is 5.92 Å². The van der Waals surface area contributed by atoms with E-state index in [-0.39, 0.29) is 22.9 Å². The summed E-state index contributed by atoms with van der Waals surface area (Å²) in [6, 6.07) is 7.81. The van der Waals surface area contributed by atoms with E-state index in [0.717, 1.165) is 9.87 Å². The Hall–Kier alpha value is -2.30. The van der Waals surface area contributed by atoms with Crippen molar-refractivity contribution in [3.8, 4) is 0 Å². The second-order valence-corrected chi connectivity index (χ2v) is 11.0. The SMILES string of the molecule is Cc1cc(N2C(=O)[C@@H](C)CS2(=O)=O)ccc1S(=O)(=O)N(C)CCc1ccncc1. The Bertz CT molecular complexity index is 1130. The third-order valence-corrected chi connectivity index (χ3v) is 8.79. The van der Waals surface area contributed by atoms with Gasteiger partial charge in [-0.25, -0.2) is 25.4 Å². The Morgan fingerprint density at radius 1 is 1.21 bits per heavy atom. The van der Waals surface area contributed by atoms with Gasteiger partial charge in [0.05, 0.1) is 22.3 Å². The van der Waals surface area contributed by atoms with Crippen LogP contribution in [0.1, 0.15) is 18.1 Å². The normalized spacial score (nSPS) is 19.1. The number of pyridine rings is 1. The maximum absolute atomic E-state index is 13.0. The van der Waals surface area contributed by atoms with E-state index in [1.165, 1.54) is 29.6 Å². The van der Waals surface area contributed by atoms with Crippen LogP contribution in [0.2, 0.25) is 0 Å². The summed E-state index contributed by atoms with van der Waals surface area (Å²) >= 11 is 0. The van der Waals surface area contributed by atoms with Crippen molar-refractivity contribution < 1.29 is 21.6 Å². The molecule has 1 saturated heterocycles. The fraction of sp³-hybridized carbons (Fsp3) is 0.368. The minimum absolute atomic E-state index is 0.0792. The molecule has 156 valence electrons. The quantitative estimate of drug-likeness (QED) is 0.679.